The molecule has 324 valence electrons. The summed E-state index contributed by atoms with van der Waals surface area (Å²) >= 11 is 0. The van der Waals surface area contributed by atoms with Gasteiger partial charge in [0, 0.05) is 39.0 Å². The number of carbonyl (C=O) groups excluding carboxylic acids is 2. The third kappa shape index (κ3) is 13.9. The molecule has 8 unspecified atom stereocenters. The van der Waals surface area contributed by atoms with Gasteiger partial charge in [0.15, 0.2) is 16.6 Å². The zero-order valence-electron chi connectivity index (χ0n) is 37.2. The highest BCUT2D eigenvalue weighted by Crippen LogP contribution is 2.41. The topological polar surface area (TPSA) is 102 Å². The lowest BCUT2D eigenvalue weighted by molar-refractivity contribution is -0.135. The highest BCUT2D eigenvalue weighted by Gasteiger charge is 2.36. The molecule has 7 nitrogen and oxygen atoms in total. The molecule has 4 N–H and O–H groups in total. The normalized spacial score (nSPS) is 33.3. The molecule has 0 aromatic carbocycles. The predicted molar refractivity (Wildman–Crippen MR) is 242 cm³/mol. The first-order chi connectivity index (χ1) is 27.4. The Morgan fingerprint density at radius 2 is 0.877 bits per heavy atom. The van der Waals surface area contributed by atoms with Crippen molar-refractivity contribution in [3.63, 3.8) is 0 Å². The summed E-state index contributed by atoms with van der Waals surface area (Å²) in [5, 5.41) is 0. The highest BCUT2D eigenvalue weighted by molar-refractivity contribution is 6.89. The van der Waals surface area contributed by atoms with E-state index in [1.807, 2.05) is 0 Å². The molecule has 4 aliphatic carbocycles. The molecule has 6 fully saturated rings. The van der Waals surface area contributed by atoms with Crippen molar-refractivity contribution in [3.05, 3.63) is 23.6 Å². The van der Waals surface area contributed by atoms with Gasteiger partial charge in [-0.3, -0.25) is 9.59 Å². The lowest BCUT2D eigenvalue weighted by Gasteiger charge is -2.40. The van der Waals surface area contributed by atoms with Crippen LogP contribution < -0.4 is 11.5 Å². The fourth-order valence-electron chi connectivity index (χ4n) is 12.8. The molecule has 6 aliphatic rings. The van der Waals surface area contributed by atoms with Crippen LogP contribution in [0.5, 0.6) is 0 Å². The summed E-state index contributed by atoms with van der Waals surface area (Å²) in [4.78, 5) is 31.3. The van der Waals surface area contributed by atoms with E-state index in [0.29, 0.717) is 35.5 Å². The van der Waals surface area contributed by atoms with E-state index < -0.39 is 16.6 Å². The SMILES string of the molecule is C[Si](C)(/C=C/C1CCCC(CC(=O)N2CCC(C3CCCC(CN)C3)CC2)C1)O[Si](C)(C)/C=C/C1CCCC(CC(=O)N2CCC(C3CCCC(CN)C3)CC2)C1. The number of hydrogen-bond donors (Lipinski definition) is 2. The minimum Gasteiger partial charge on any atom is -0.449 e. The summed E-state index contributed by atoms with van der Waals surface area (Å²) < 4.78 is 7.05. The molecule has 9 heteroatoms. The lowest BCUT2D eigenvalue weighted by Crippen LogP contribution is -2.42. The van der Waals surface area contributed by atoms with Gasteiger partial charge in [0.05, 0.1) is 0 Å². The average Bonchev–Trinajstić information content (AvgIpc) is 3.22. The lowest BCUT2D eigenvalue weighted by atomic mass is 9.72. The summed E-state index contributed by atoms with van der Waals surface area (Å²) in [7, 11) is -4.01. The summed E-state index contributed by atoms with van der Waals surface area (Å²) in [6, 6.07) is 0. The Labute approximate surface area is 351 Å². The molecule has 0 spiro atoms. The summed E-state index contributed by atoms with van der Waals surface area (Å²) in [5.74, 6) is 7.68. The Morgan fingerprint density at radius 1 is 0.509 bits per heavy atom. The monoisotopic (exact) mass is 823 g/mol. The van der Waals surface area contributed by atoms with Crippen LogP contribution in [-0.2, 0) is 13.7 Å². The summed E-state index contributed by atoms with van der Waals surface area (Å²) in [5.41, 5.74) is 17.0. The number of piperidine rings is 2. The standard InChI is InChI=1S/C48H86N4O3Si2/c1-56(2,27-21-37-9-5-11-39(29-37)33-47(53)51-23-17-43(18-24-51)45-15-7-13-41(31-45)35-49)55-57(3,4)28-22-38-10-6-12-40(30-38)34-48(54)52-25-19-44(20-26-52)46-16-8-14-42(32-46)36-50/h21-22,27-28,37-46H,5-20,23-26,29-36,49-50H2,1-4H3/b27-21+,28-22+. The van der Waals surface area contributed by atoms with Crippen LogP contribution in [-0.4, -0.2) is 77.5 Å². The van der Waals surface area contributed by atoms with Gasteiger partial charge >= 0.3 is 0 Å². The maximum Gasteiger partial charge on any atom is 0.222 e. The van der Waals surface area contributed by atoms with Gasteiger partial charge in [-0.15, -0.1) is 0 Å². The minimum absolute atomic E-state index is 0.409. The number of carbonyl (C=O) groups is 2. The molecule has 2 heterocycles. The molecular weight excluding hydrogens is 737 g/mol. The molecule has 0 bridgehead atoms. The van der Waals surface area contributed by atoms with E-state index in [0.717, 1.165) is 100 Å². The Bertz CT molecular complexity index is 1220. The second-order valence-corrected chi connectivity index (χ2v) is 29.4. The molecule has 0 aromatic heterocycles. The quantitative estimate of drug-likeness (QED) is 0.170. The van der Waals surface area contributed by atoms with Crippen LogP contribution in [0.3, 0.4) is 0 Å². The van der Waals surface area contributed by atoms with E-state index in [9.17, 15) is 9.59 Å². The van der Waals surface area contributed by atoms with Crippen molar-refractivity contribution in [2.24, 2.45) is 70.6 Å². The van der Waals surface area contributed by atoms with E-state index in [4.69, 9.17) is 15.6 Å². The molecule has 2 amide bonds. The first-order valence-corrected chi connectivity index (χ1v) is 30.4. The molecule has 2 aliphatic heterocycles. The van der Waals surface area contributed by atoms with Gasteiger partial charge in [-0.25, -0.2) is 0 Å². The van der Waals surface area contributed by atoms with Gasteiger partial charge in [-0.1, -0.05) is 62.1 Å². The molecule has 0 aromatic rings. The van der Waals surface area contributed by atoms with Crippen LogP contribution in [0.1, 0.15) is 141 Å². The zero-order chi connectivity index (χ0) is 40.4. The predicted octanol–water partition coefficient (Wildman–Crippen LogP) is 10.0. The molecule has 0 radical (unpaired) electrons. The molecule has 57 heavy (non-hydrogen) atoms. The molecule has 8 atom stereocenters. The van der Waals surface area contributed by atoms with Gasteiger partial charge in [-0.2, -0.15) is 0 Å². The number of nitrogens with zero attached hydrogens (tertiary/aromatic N) is 2. The van der Waals surface area contributed by atoms with Gasteiger partial charge in [0.2, 0.25) is 11.8 Å². The third-order valence-electron chi connectivity index (χ3n) is 16.1. The van der Waals surface area contributed by atoms with Gasteiger partial charge in [-0.05, 0) is 188 Å². The van der Waals surface area contributed by atoms with Crippen molar-refractivity contribution in [2.45, 2.75) is 167 Å². The van der Waals surface area contributed by atoms with E-state index in [-0.39, 0.29) is 0 Å². The first kappa shape index (κ1) is 45.3. The number of allylic oxidation sites excluding steroid dienone is 2. The molecule has 6 rings (SSSR count). The van der Waals surface area contributed by atoms with Crippen molar-refractivity contribution < 1.29 is 13.7 Å². The summed E-state index contributed by atoms with van der Waals surface area (Å²) in [6.45, 7) is 15.0. The summed E-state index contributed by atoms with van der Waals surface area (Å²) in [6.07, 6.45) is 31.5. The zero-order valence-corrected chi connectivity index (χ0v) is 39.2. The number of nitrogens with two attached hydrogens (primary N) is 2. The Hall–Kier alpha value is -1.27. The second kappa shape index (κ2) is 21.5. The number of rotatable bonds is 14. The van der Waals surface area contributed by atoms with Crippen LogP contribution in [0.15, 0.2) is 23.6 Å². The van der Waals surface area contributed by atoms with Gasteiger partial charge in [0.25, 0.3) is 0 Å². The van der Waals surface area contributed by atoms with Gasteiger partial charge in [0.1, 0.15) is 0 Å². The largest absolute Gasteiger partial charge is 0.449 e. The fraction of sp³-hybridized carbons (Fsp3) is 0.875. The Kier molecular flexibility index (Phi) is 17.1. The number of hydrogen-bond acceptors (Lipinski definition) is 5. The Morgan fingerprint density at radius 3 is 1.26 bits per heavy atom. The maximum absolute atomic E-state index is 13.5. The maximum atomic E-state index is 13.5. The van der Waals surface area contributed by atoms with Crippen molar-refractivity contribution in [1.29, 1.82) is 0 Å². The Balaban J connectivity index is 0.890. The molecule has 2 saturated heterocycles. The van der Waals surface area contributed by atoms with E-state index in [1.165, 1.54) is 116 Å². The van der Waals surface area contributed by atoms with E-state index in [1.54, 1.807) is 0 Å². The highest BCUT2D eigenvalue weighted by atomic mass is 28.4. The van der Waals surface area contributed by atoms with Crippen molar-refractivity contribution in [1.82, 2.24) is 9.80 Å². The second-order valence-electron chi connectivity index (χ2n) is 21.5. The van der Waals surface area contributed by atoms with Crippen LogP contribution >= 0.6 is 0 Å². The van der Waals surface area contributed by atoms with Crippen LogP contribution in [0, 0.1) is 59.2 Å². The van der Waals surface area contributed by atoms with E-state index in [2.05, 4.69) is 59.5 Å². The molecular formula is C48H86N4O3Si2. The molecule has 4 saturated carbocycles. The van der Waals surface area contributed by atoms with Crippen molar-refractivity contribution in [3.8, 4) is 0 Å². The van der Waals surface area contributed by atoms with Crippen LogP contribution in [0.4, 0.5) is 0 Å². The van der Waals surface area contributed by atoms with Crippen molar-refractivity contribution >= 4 is 28.4 Å². The average molecular weight is 823 g/mol. The smallest absolute Gasteiger partial charge is 0.222 e. The van der Waals surface area contributed by atoms with Gasteiger partial charge < -0.3 is 25.4 Å². The first-order valence-electron chi connectivity index (χ1n) is 24.4. The third-order valence-corrected chi connectivity index (χ3v) is 22.3. The minimum atomic E-state index is -2.00. The van der Waals surface area contributed by atoms with Crippen LogP contribution in [0.25, 0.3) is 0 Å². The number of amides is 2. The van der Waals surface area contributed by atoms with Crippen LogP contribution in [0.2, 0.25) is 26.2 Å². The van der Waals surface area contributed by atoms with E-state index >= 15 is 0 Å². The fourth-order valence-corrected chi connectivity index (χ4v) is 20.2. The number of likely N-dealkylation sites (tertiary alicyclic amines) is 2. The van der Waals surface area contributed by atoms with Crippen molar-refractivity contribution in [2.75, 3.05) is 39.3 Å².